The monoisotopic (exact) mass is 372 g/mol. The van der Waals surface area contributed by atoms with Crippen molar-refractivity contribution in [2.45, 2.75) is 50.3 Å². The summed E-state index contributed by atoms with van der Waals surface area (Å²) in [6.45, 7) is 1.52. The zero-order valence-electron chi connectivity index (χ0n) is 11.9. The first kappa shape index (κ1) is 16.5. The molecule has 0 spiro atoms. The first-order valence-electron chi connectivity index (χ1n) is 7.13. The maximum atomic E-state index is 12.0. The Bertz CT molecular complexity index is 565. The van der Waals surface area contributed by atoms with Crippen LogP contribution in [-0.2, 0) is 4.79 Å². The molecule has 0 bridgehead atoms. The van der Waals surface area contributed by atoms with Crippen molar-refractivity contribution in [2.75, 3.05) is 0 Å². The zero-order chi connectivity index (χ0) is 15.6. The average Bonchev–Trinajstić information content (AvgIpc) is 2.46. The number of aliphatic carboxylic acids is 1. The lowest BCUT2D eigenvalue weighted by molar-refractivity contribution is -0.136. The minimum Gasteiger partial charge on any atom is -0.480 e. The number of rotatable bonds is 4. The van der Waals surface area contributed by atoms with Crippen LogP contribution < -0.4 is 0 Å². The lowest BCUT2D eigenvalue weighted by Crippen LogP contribution is -2.13. The van der Waals surface area contributed by atoms with Gasteiger partial charge in [0.2, 0.25) is 0 Å². The van der Waals surface area contributed by atoms with Crippen LogP contribution in [-0.4, -0.2) is 16.9 Å². The van der Waals surface area contributed by atoms with Crippen LogP contribution in [0.5, 0.6) is 0 Å². The molecule has 0 radical (unpaired) electrons. The van der Waals surface area contributed by atoms with Crippen molar-refractivity contribution < 1.29 is 14.7 Å². The highest BCUT2D eigenvalue weighted by atomic mass is 79.9. The van der Waals surface area contributed by atoms with Crippen LogP contribution in [0.2, 0.25) is 0 Å². The zero-order valence-corrected chi connectivity index (χ0v) is 14.2. The van der Waals surface area contributed by atoms with Crippen molar-refractivity contribution >= 4 is 39.3 Å². The largest absolute Gasteiger partial charge is 0.480 e. The number of Topliss-reactive ketones (excluding diaryl/α,β-unsaturated/α-hetero) is 1. The van der Waals surface area contributed by atoms with E-state index in [1.165, 1.54) is 26.2 Å². The van der Waals surface area contributed by atoms with Gasteiger partial charge < -0.3 is 5.11 Å². The van der Waals surface area contributed by atoms with Gasteiger partial charge in [0.15, 0.2) is 11.2 Å². The van der Waals surface area contributed by atoms with Crippen LogP contribution in [0.15, 0.2) is 16.6 Å². The molecule has 114 valence electrons. The van der Waals surface area contributed by atoms with Gasteiger partial charge in [-0.1, -0.05) is 35.2 Å². The number of ketones is 1. The van der Waals surface area contributed by atoms with E-state index >= 15 is 0 Å². The van der Waals surface area contributed by atoms with E-state index in [4.69, 9.17) is 16.7 Å². The number of carboxylic acids is 1. The minimum absolute atomic E-state index is 0.0487. The Morgan fingerprint density at radius 3 is 2.43 bits per heavy atom. The number of carbonyl (C=O) groups excluding carboxylic acids is 1. The summed E-state index contributed by atoms with van der Waals surface area (Å²) in [7, 11) is 0. The predicted octanol–water partition coefficient (Wildman–Crippen LogP) is 5.06. The normalized spacial score (nSPS) is 17.5. The molecule has 5 heteroatoms. The highest BCUT2D eigenvalue weighted by Crippen LogP contribution is 2.40. The molecule has 3 nitrogen and oxygen atoms in total. The Morgan fingerprint density at radius 2 is 1.90 bits per heavy atom. The molecular weight excluding hydrogens is 356 g/mol. The number of halogens is 2. The van der Waals surface area contributed by atoms with Crippen molar-refractivity contribution in [3.05, 3.63) is 33.3 Å². The summed E-state index contributed by atoms with van der Waals surface area (Å²) >= 11 is 9.41. The van der Waals surface area contributed by atoms with Gasteiger partial charge in [0.1, 0.15) is 0 Å². The van der Waals surface area contributed by atoms with E-state index in [1.54, 1.807) is 12.1 Å². The number of benzene rings is 1. The molecule has 2 rings (SSSR count). The van der Waals surface area contributed by atoms with Gasteiger partial charge in [-0.25, -0.2) is 0 Å². The van der Waals surface area contributed by atoms with Crippen molar-refractivity contribution in [3.63, 3.8) is 0 Å². The lowest BCUT2D eigenvalue weighted by atomic mass is 9.81. The van der Waals surface area contributed by atoms with E-state index in [1.807, 2.05) is 0 Å². The molecule has 1 atom stereocenters. The van der Waals surface area contributed by atoms with Crippen LogP contribution in [0.4, 0.5) is 0 Å². The Kier molecular flexibility index (Phi) is 5.44. The first-order valence-corrected chi connectivity index (χ1v) is 8.36. The number of carbonyl (C=O) groups is 2. The molecule has 1 fully saturated rings. The van der Waals surface area contributed by atoms with Gasteiger partial charge in [-0.3, -0.25) is 9.59 Å². The fraction of sp³-hybridized carbons (Fsp3) is 0.500. The second kappa shape index (κ2) is 6.93. The molecule has 21 heavy (non-hydrogen) atoms. The predicted molar refractivity (Wildman–Crippen MR) is 86.2 cm³/mol. The Morgan fingerprint density at radius 1 is 1.29 bits per heavy atom. The fourth-order valence-corrected chi connectivity index (χ4v) is 3.95. The van der Waals surface area contributed by atoms with E-state index in [-0.39, 0.29) is 5.78 Å². The van der Waals surface area contributed by atoms with Crippen molar-refractivity contribution in [1.29, 1.82) is 0 Å². The van der Waals surface area contributed by atoms with E-state index < -0.39 is 11.3 Å². The maximum Gasteiger partial charge on any atom is 0.326 e. The summed E-state index contributed by atoms with van der Waals surface area (Å²) in [5, 5.41) is 7.90. The topological polar surface area (TPSA) is 54.4 Å². The second-order valence-corrected chi connectivity index (χ2v) is 6.85. The van der Waals surface area contributed by atoms with E-state index in [0.717, 1.165) is 22.9 Å². The minimum atomic E-state index is -1.14. The summed E-state index contributed by atoms with van der Waals surface area (Å²) < 4.78 is 0.795. The molecule has 1 N–H and O–H groups in total. The lowest BCUT2D eigenvalue weighted by Gasteiger charge is -2.25. The molecule has 1 aliphatic rings. The standard InChI is InChI=1S/C16H18BrClO3/c1-9(19)12-7-11(15(18)16(20)21)8-13(17)14(12)10-5-3-2-4-6-10/h7-8,10,15H,2-6H2,1H3,(H,20,21). The van der Waals surface area contributed by atoms with Gasteiger partial charge >= 0.3 is 5.97 Å². The van der Waals surface area contributed by atoms with Crippen molar-refractivity contribution in [2.24, 2.45) is 0 Å². The van der Waals surface area contributed by atoms with Crippen LogP contribution in [0.1, 0.15) is 71.8 Å². The SMILES string of the molecule is CC(=O)c1cc(C(Cl)C(=O)O)cc(Br)c1C1CCCCC1. The molecule has 0 aromatic heterocycles. The Hall–Kier alpha value is -0.870. The molecule has 1 aromatic carbocycles. The van der Waals surface area contributed by atoms with Crippen LogP contribution in [0, 0.1) is 0 Å². The fourth-order valence-electron chi connectivity index (χ4n) is 3.03. The summed E-state index contributed by atoms with van der Waals surface area (Å²) in [4.78, 5) is 23.0. The second-order valence-electron chi connectivity index (χ2n) is 5.56. The van der Waals surface area contributed by atoms with E-state index in [9.17, 15) is 9.59 Å². The van der Waals surface area contributed by atoms with Gasteiger partial charge in [0, 0.05) is 10.0 Å². The molecular formula is C16H18BrClO3. The third-order valence-corrected chi connectivity index (χ3v) is 5.15. The summed E-state index contributed by atoms with van der Waals surface area (Å²) in [6, 6.07) is 3.38. The summed E-state index contributed by atoms with van der Waals surface area (Å²) in [6.07, 6.45) is 5.72. The summed E-state index contributed by atoms with van der Waals surface area (Å²) in [5.74, 6) is -0.796. The highest BCUT2D eigenvalue weighted by Gasteiger charge is 2.26. The van der Waals surface area contributed by atoms with Gasteiger partial charge in [0.05, 0.1) is 0 Å². The molecule has 1 unspecified atom stereocenters. The average molecular weight is 374 g/mol. The molecule has 0 aliphatic heterocycles. The van der Waals surface area contributed by atoms with Crippen LogP contribution >= 0.6 is 27.5 Å². The van der Waals surface area contributed by atoms with Crippen molar-refractivity contribution in [3.8, 4) is 0 Å². The number of hydrogen-bond acceptors (Lipinski definition) is 2. The van der Waals surface area contributed by atoms with Gasteiger partial charge in [-0.05, 0) is 48.9 Å². The third-order valence-electron chi connectivity index (χ3n) is 4.05. The first-order chi connectivity index (χ1) is 9.91. The van der Waals surface area contributed by atoms with Gasteiger partial charge in [0.25, 0.3) is 0 Å². The Labute approximate surface area is 137 Å². The van der Waals surface area contributed by atoms with E-state index in [2.05, 4.69) is 15.9 Å². The number of alkyl halides is 1. The van der Waals surface area contributed by atoms with Gasteiger partial charge in [-0.2, -0.15) is 0 Å². The molecule has 1 aromatic rings. The number of carboxylic acid groups (broad SMARTS) is 1. The summed E-state index contributed by atoms with van der Waals surface area (Å²) in [5.41, 5.74) is 2.05. The van der Waals surface area contributed by atoms with E-state index in [0.29, 0.717) is 17.0 Å². The van der Waals surface area contributed by atoms with Crippen molar-refractivity contribution in [1.82, 2.24) is 0 Å². The molecule has 0 saturated heterocycles. The number of hydrogen-bond donors (Lipinski definition) is 1. The molecule has 1 saturated carbocycles. The molecule has 0 heterocycles. The smallest absolute Gasteiger partial charge is 0.326 e. The van der Waals surface area contributed by atoms with Gasteiger partial charge in [-0.15, -0.1) is 11.6 Å². The van der Waals surface area contributed by atoms with Crippen LogP contribution in [0.25, 0.3) is 0 Å². The maximum absolute atomic E-state index is 12.0. The highest BCUT2D eigenvalue weighted by molar-refractivity contribution is 9.10. The molecule has 1 aliphatic carbocycles. The quantitative estimate of drug-likeness (QED) is 0.592. The van der Waals surface area contributed by atoms with Crippen LogP contribution in [0.3, 0.4) is 0 Å². The Balaban J connectivity index is 2.49. The molecule has 0 amide bonds. The third kappa shape index (κ3) is 3.67.